The van der Waals surface area contributed by atoms with Crippen LogP contribution in [0.4, 0.5) is 10.5 Å². The fourth-order valence-corrected chi connectivity index (χ4v) is 10.8. The van der Waals surface area contributed by atoms with Crippen molar-refractivity contribution < 1.29 is 33.6 Å². The highest BCUT2D eigenvalue weighted by Gasteiger charge is 2.63. The van der Waals surface area contributed by atoms with Crippen LogP contribution in [0.3, 0.4) is 0 Å². The average molecular weight is 634 g/mol. The predicted molar refractivity (Wildman–Crippen MR) is 167 cm³/mol. The molecule has 1 aromatic rings. The van der Waals surface area contributed by atoms with Crippen LogP contribution < -0.4 is 4.90 Å². The molecule has 6 aliphatic rings. The van der Waals surface area contributed by atoms with Gasteiger partial charge in [-0.3, -0.25) is 19.0 Å². The lowest BCUT2D eigenvalue weighted by atomic mass is 9.51. The van der Waals surface area contributed by atoms with E-state index in [2.05, 4.69) is 47.7 Å². The number of benzene rings is 1. The topological polar surface area (TPSA) is 117 Å². The minimum atomic E-state index is -4.20. The highest BCUT2D eigenvalue weighted by molar-refractivity contribution is 7.65. The van der Waals surface area contributed by atoms with E-state index >= 15 is 0 Å². The monoisotopic (exact) mass is 633 g/mol. The van der Waals surface area contributed by atoms with Crippen molar-refractivity contribution in [2.24, 2.45) is 17.3 Å². The van der Waals surface area contributed by atoms with Gasteiger partial charge in [-0.05, 0) is 85.3 Å². The molecule has 1 N–H and O–H groups in total. The van der Waals surface area contributed by atoms with Crippen molar-refractivity contribution >= 4 is 30.9 Å². The molecular weight excluding hydrogens is 593 g/mol. The van der Waals surface area contributed by atoms with Gasteiger partial charge in [-0.1, -0.05) is 30.6 Å². The van der Waals surface area contributed by atoms with E-state index in [1.165, 1.54) is 11.1 Å². The van der Waals surface area contributed by atoms with Crippen molar-refractivity contribution in [3.63, 3.8) is 0 Å². The summed E-state index contributed by atoms with van der Waals surface area (Å²) in [6, 6.07) is 8.58. The lowest BCUT2D eigenvalue weighted by Gasteiger charge is -2.53. The molecule has 2 amide bonds. The smallest absolute Gasteiger partial charge is 0.417 e. The zero-order valence-electron chi connectivity index (χ0n) is 26.1. The summed E-state index contributed by atoms with van der Waals surface area (Å²) in [5, 5.41) is 12.5. The molecule has 0 spiro atoms. The number of carbonyl (C=O) groups is 3. The van der Waals surface area contributed by atoms with Crippen LogP contribution in [-0.2, 0) is 23.7 Å². The van der Waals surface area contributed by atoms with E-state index in [0.29, 0.717) is 19.3 Å². The molecule has 2 saturated heterocycles. The first-order valence-corrected chi connectivity index (χ1v) is 17.6. The van der Waals surface area contributed by atoms with Crippen LogP contribution >= 0.6 is 7.44 Å². The van der Waals surface area contributed by atoms with Crippen LogP contribution in [0, 0.1) is 28.8 Å². The number of ether oxygens (including phenoxy) is 1. The van der Waals surface area contributed by atoms with Gasteiger partial charge < -0.3 is 14.7 Å². The van der Waals surface area contributed by atoms with Gasteiger partial charge in [-0.25, -0.2) is 9.46 Å². The molecule has 6 atom stereocenters. The summed E-state index contributed by atoms with van der Waals surface area (Å²) in [7, 11) is -0.172. The third-order valence-electron chi connectivity index (χ3n) is 11.2. The fraction of sp³-hybridized carbons (Fsp3) is 0.559. The number of fused-ring (bicyclic) bond motifs is 4. The molecule has 2 saturated carbocycles. The Morgan fingerprint density at radius 3 is 2.49 bits per heavy atom. The molecule has 4 aliphatic carbocycles. The number of amides is 2. The summed E-state index contributed by atoms with van der Waals surface area (Å²) in [6.45, 7) is 2.20. The van der Waals surface area contributed by atoms with Gasteiger partial charge >= 0.3 is 13.5 Å². The molecule has 4 fully saturated rings. The summed E-state index contributed by atoms with van der Waals surface area (Å²) in [4.78, 5) is 45.9. The second-order valence-electron chi connectivity index (χ2n) is 13.6. The van der Waals surface area contributed by atoms with E-state index < -0.39 is 30.5 Å². The molecule has 45 heavy (non-hydrogen) atoms. The Morgan fingerprint density at radius 1 is 1.04 bits per heavy atom. The largest absolute Gasteiger partial charge is 0.447 e. The molecule has 7 rings (SSSR count). The molecule has 1 aromatic carbocycles. The van der Waals surface area contributed by atoms with Crippen molar-refractivity contribution in [2.45, 2.75) is 69.8 Å². The minimum Gasteiger partial charge on any atom is -0.447 e. The molecule has 0 radical (unpaired) electrons. The highest BCUT2D eigenvalue weighted by atomic mass is 31.2. The van der Waals surface area contributed by atoms with Gasteiger partial charge in [0.1, 0.15) is 12.2 Å². The Labute approximate surface area is 263 Å². The quantitative estimate of drug-likeness (QED) is 0.358. The second kappa shape index (κ2) is 10.9. The number of rotatable bonds is 4. The van der Waals surface area contributed by atoms with Crippen molar-refractivity contribution in [2.75, 3.05) is 38.8 Å². The van der Waals surface area contributed by atoms with Gasteiger partial charge in [0, 0.05) is 43.2 Å². The zero-order chi connectivity index (χ0) is 31.7. The molecule has 11 heteroatoms. The third kappa shape index (κ3) is 4.69. The van der Waals surface area contributed by atoms with E-state index in [1.807, 2.05) is 20.2 Å². The number of cyclic esters (lactones) is 1. The van der Waals surface area contributed by atoms with Gasteiger partial charge in [0.05, 0.1) is 19.6 Å². The van der Waals surface area contributed by atoms with Crippen LogP contribution in [0.1, 0.15) is 69.8 Å². The maximum atomic E-state index is 14.5. The van der Waals surface area contributed by atoms with Gasteiger partial charge in [0.2, 0.25) is 0 Å². The third-order valence-corrected chi connectivity index (χ3v) is 13.4. The Kier molecular flexibility index (Phi) is 7.31. The van der Waals surface area contributed by atoms with Crippen molar-refractivity contribution in [3.8, 4) is 11.6 Å². The van der Waals surface area contributed by atoms with Crippen LogP contribution in [0.25, 0.3) is 0 Å². The van der Waals surface area contributed by atoms with E-state index in [4.69, 9.17) is 9.57 Å². The Balaban J connectivity index is 1.32. The number of carbonyl (C=O) groups excluding carboxylic acids is 3. The molecule has 0 bridgehead atoms. The second-order valence-corrected chi connectivity index (χ2v) is 15.8. The molecule has 1 unspecified atom stereocenters. The molecule has 0 aromatic heterocycles. The fourth-order valence-electron chi connectivity index (χ4n) is 8.79. The number of hydroxylamine groups is 1. The maximum absolute atomic E-state index is 14.5. The van der Waals surface area contributed by atoms with E-state index in [9.17, 15) is 24.1 Å². The molecule has 238 valence electrons. The van der Waals surface area contributed by atoms with Gasteiger partial charge in [-0.15, -0.1) is 4.83 Å². The van der Waals surface area contributed by atoms with Crippen molar-refractivity contribution in [3.05, 3.63) is 52.6 Å². The standard InChI is InChI=1S/C34H40N3O7P/c1-33-21-28(22-4-7-24(8-5-22)35(2)3)31-26-11-9-25(38)20-23(26)6-10-27(31)29(33)12-14-34(33,41)15-19-45(42,36-16-18-43-32(36)40)37-30(39)13-17-44-37/h4-5,7-8,20,27-29,41H,6,9-14,16-18,21H2,1-3H3/t27-,28+,29-,33-,34+,45?/m0/s1. The highest BCUT2D eigenvalue weighted by Crippen LogP contribution is 2.67. The first-order valence-electron chi connectivity index (χ1n) is 16.0. The van der Waals surface area contributed by atoms with Crippen LogP contribution in [0.15, 0.2) is 47.1 Å². The molecule has 2 heterocycles. The number of hydrogen-bond acceptors (Lipinski definition) is 8. The molecular formula is C34H40N3O7P. The van der Waals surface area contributed by atoms with E-state index in [0.717, 1.165) is 52.0 Å². The van der Waals surface area contributed by atoms with Crippen LogP contribution in [0.2, 0.25) is 0 Å². The SMILES string of the molecule is CN(C)c1ccc([C@H]2C[C@@]3(C)[C@@H](CC[C@@]3(O)C#CP(=O)(N3CCOC3=O)N3OCCC3=O)[C@@H]3CCC4=CC(=O)CCC4=C32)cc1. The zero-order valence-corrected chi connectivity index (χ0v) is 27.0. The molecule has 2 aliphatic heterocycles. The number of ketones is 1. The summed E-state index contributed by atoms with van der Waals surface area (Å²) >= 11 is 0. The Bertz CT molecular complexity index is 1610. The van der Waals surface area contributed by atoms with Crippen molar-refractivity contribution in [1.82, 2.24) is 9.50 Å². The lowest BCUT2D eigenvalue weighted by molar-refractivity contribution is -0.141. The predicted octanol–water partition coefficient (Wildman–Crippen LogP) is 5.15. The maximum Gasteiger partial charge on any atom is 0.417 e. The number of hydrogen-bond donors (Lipinski definition) is 1. The van der Waals surface area contributed by atoms with Crippen LogP contribution in [0.5, 0.6) is 0 Å². The van der Waals surface area contributed by atoms with E-state index in [1.54, 1.807) is 0 Å². The van der Waals surface area contributed by atoms with Crippen molar-refractivity contribution in [1.29, 1.82) is 0 Å². The normalized spacial score (nSPS) is 33.9. The number of aliphatic hydroxyl groups is 1. The Morgan fingerprint density at radius 2 is 1.82 bits per heavy atom. The summed E-state index contributed by atoms with van der Waals surface area (Å²) in [6.07, 6.45) is 5.80. The first-order chi connectivity index (χ1) is 21.4. The lowest BCUT2D eigenvalue weighted by Crippen LogP contribution is -2.51. The number of allylic oxidation sites excluding steroid dienone is 4. The summed E-state index contributed by atoms with van der Waals surface area (Å²) < 4.78 is 20.5. The average Bonchev–Trinajstić information content (AvgIpc) is 3.73. The minimum absolute atomic E-state index is 0.00893. The summed E-state index contributed by atoms with van der Waals surface area (Å²) in [5.74, 6) is 3.05. The van der Waals surface area contributed by atoms with Gasteiger partial charge in [0.15, 0.2) is 5.78 Å². The van der Waals surface area contributed by atoms with Gasteiger partial charge in [-0.2, -0.15) is 0 Å². The van der Waals surface area contributed by atoms with Gasteiger partial charge in [0.25, 0.3) is 5.91 Å². The molecule has 10 nitrogen and oxygen atoms in total. The number of nitrogens with zero attached hydrogens (tertiary/aromatic N) is 3. The Hall–Kier alpha value is -3.38. The first kappa shape index (κ1) is 30.3. The van der Waals surface area contributed by atoms with E-state index in [-0.39, 0.29) is 49.7 Å². The van der Waals surface area contributed by atoms with Crippen LogP contribution in [-0.4, -0.2) is 71.8 Å². The summed E-state index contributed by atoms with van der Waals surface area (Å²) in [5.41, 5.74) is 6.73. The number of anilines is 1.